The van der Waals surface area contributed by atoms with E-state index in [0.717, 1.165) is 28.1 Å². The van der Waals surface area contributed by atoms with Gasteiger partial charge in [-0.1, -0.05) is 120 Å². The van der Waals surface area contributed by atoms with Gasteiger partial charge in [-0.25, -0.2) is 0 Å². The molecule has 0 saturated carbocycles. The number of para-hydroxylation sites is 3. The maximum atomic E-state index is 13.9. The summed E-state index contributed by atoms with van der Waals surface area (Å²) >= 11 is 0. The van der Waals surface area contributed by atoms with E-state index >= 15 is 0 Å². The van der Waals surface area contributed by atoms with Crippen LogP contribution in [0.15, 0.2) is 161 Å². The highest BCUT2D eigenvalue weighted by atomic mass is 16.3. The van der Waals surface area contributed by atoms with E-state index in [2.05, 4.69) is 165 Å². The summed E-state index contributed by atoms with van der Waals surface area (Å²) in [5, 5.41) is 3.67. The predicted octanol–water partition coefficient (Wildman–Crippen LogP) is 13.1. The molecule has 10 rings (SSSR count). The zero-order valence-corrected chi connectivity index (χ0v) is 31.1. The Hall–Kier alpha value is -6.39. The lowest BCUT2D eigenvalue weighted by Gasteiger charge is -2.42. The molecule has 3 heterocycles. The van der Waals surface area contributed by atoms with Crippen LogP contribution in [-0.4, -0.2) is 4.57 Å². The number of nitrogens with zero attached hydrogens (tertiary/aromatic N) is 2. The van der Waals surface area contributed by atoms with E-state index in [4.69, 9.17) is 4.42 Å². The summed E-state index contributed by atoms with van der Waals surface area (Å²) < 4.78 is 8.65. The van der Waals surface area contributed by atoms with Crippen LogP contribution < -0.4 is 10.3 Å². The Morgan fingerprint density at radius 1 is 0.556 bits per heavy atom. The summed E-state index contributed by atoms with van der Waals surface area (Å²) in [5.74, 6) is 0. The van der Waals surface area contributed by atoms with Crippen molar-refractivity contribution < 1.29 is 4.42 Å². The highest BCUT2D eigenvalue weighted by molar-refractivity contribution is 6.18. The number of benzene rings is 7. The minimum absolute atomic E-state index is 0.00125. The normalized spacial score (nSPS) is 13.8. The summed E-state index contributed by atoms with van der Waals surface area (Å²) in [6.07, 6.45) is 0. The third-order valence-electron chi connectivity index (χ3n) is 11.5. The van der Waals surface area contributed by atoms with Crippen molar-refractivity contribution in [3.63, 3.8) is 0 Å². The molecule has 0 saturated heterocycles. The highest BCUT2D eigenvalue weighted by Crippen LogP contribution is 2.55. The molecule has 0 unspecified atom stereocenters. The summed E-state index contributed by atoms with van der Waals surface area (Å²) in [7, 11) is 0. The van der Waals surface area contributed by atoms with Gasteiger partial charge in [-0.05, 0) is 100.0 Å². The van der Waals surface area contributed by atoms with Crippen molar-refractivity contribution in [2.45, 2.75) is 45.4 Å². The summed E-state index contributed by atoms with van der Waals surface area (Å²) in [4.78, 5) is 16.4. The molecule has 4 heteroatoms. The van der Waals surface area contributed by atoms with E-state index in [1.54, 1.807) is 0 Å². The lowest BCUT2D eigenvalue weighted by molar-refractivity contribution is 0.590. The first-order valence-electron chi connectivity index (χ1n) is 18.7. The molecule has 4 nitrogen and oxygen atoms in total. The van der Waals surface area contributed by atoms with E-state index in [1.807, 2.05) is 30.3 Å². The van der Waals surface area contributed by atoms with Crippen LogP contribution in [0.2, 0.25) is 0 Å². The van der Waals surface area contributed by atoms with Crippen LogP contribution in [0.4, 0.5) is 17.1 Å². The number of hydrogen-bond acceptors (Lipinski definition) is 3. The molecule has 0 amide bonds. The lowest BCUT2D eigenvalue weighted by atomic mass is 9.73. The zero-order chi connectivity index (χ0) is 36.9. The van der Waals surface area contributed by atoms with Gasteiger partial charge < -0.3 is 13.9 Å². The standard InChI is InChI=1S/C50H40N2O2/c1-49(2,3)33-22-28-45-38(30-33)48(53)37-29-32(21-27-44(37)54-45)31-19-23-35(24-20-31)52-42-18-12-10-16-39(42)50(4,5)40-25-26-43-46(47(40)52)36-15-9-11-17-41(36)51(43)34-13-7-6-8-14-34/h6-30H,1-5H3. The second kappa shape index (κ2) is 11.6. The zero-order valence-electron chi connectivity index (χ0n) is 31.1. The predicted molar refractivity (Wildman–Crippen MR) is 225 cm³/mol. The second-order valence-electron chi connectivity index (χ2n) is 16.2. The third kappa shape index (κ3) is 4.72. The van der Waals surface area contributed by atoms with Gasteiger partial charge in [-0.3, -0.25) is 4.79 Å². The molecule has 0 aliphatic carbocycles. The van der Waals surface area contributed by atoms with E-state index in [0.29, 0.717) is 21.9 Å². The average Bonchev–Trinajstić information content (AvgIpc) is 3.53. The van der Waals surface area contributed by atoms with Gasteiger partial charge in [0.25, 0.3) is 0 Å². The Kier molecular flexibility index (Phi) is 6.91. The molecule has 262 valence electrons. The van der Waals surface area contributed by atoms with Gasteiger partial charge in [0, 0.05) is 27.6 Å². The lowest BCUT2D eigenvalue weighted by Crippen LogP contribution is -2.30. The Labute approximate surface area is 314 Å². The fraction of sp³-hybridized carbons (Fsp3) is 0.140. The highest BCUT2D eigenvalue weighted by Gasteiger charge is 2.38. The van der Waals surface area contributed by atoms with Crippen molar-refractivity contribution in [2.75, 3.05) is 4.90 Å². The Morgan fingerprint density at radius 3 is 2.00 bits per heavy atom. The van der Waals surface area contributed by atoms with Gasteiger partial charge >= 0.3 is 0 Å². The van der Waals surface area contributed by atoms with Crippen LogP contribution >= 0.6 is 0 Å². The number of rotatable bonds is 3. The summed E-state index contributed by atoms with van der Waals surface area (Å²) in [6, 6.07) is 53.6. The van der Waals surface area contributed by atoms with Crippen LogP contribution in [0.1, 0.15) is 51.3 Å². The minimum Gasteiger partial charge on any atom is -0.456 e. The molecule has 0 bridgehead atoms. The Morgan fingerprint density at radius 2 is 1.22 bits per heavy atom. The van der Waals surface area contributed by atoms with Crippen molar-refractivity contribution in [3.05, 3.63) is 179 Å². The number of anilines is 3. The van der Waals surface area contributed by atoms with Crippen molar-refractivity contribution >= 4 is 60.8 Å². The monoisotopic (exact) mass is 700 g/mol. The first kappa shape index (κ1) is 32.3. The topological polar surface area (TPSA) is 38.4 Å². The van der Waals surface area contributed by atoms with E-state index in [9.17, 15) is 4.79 Å². The van der Waals surface area contributed by atoms with Gasteiger partial charge in [-0.15, -0.1) is 0 Å². The van der Waals surface area contributed by atoms with Gasteiger partial charge in [0.2, 0.25) is 5.43 Å². The first-order valence-corrected chi connectivity index (χ1v) is 18.7. The molecule has 2 aromatic heterocycles. The largest absolute Gasteiger partial charge is 0.456 e. The third-order valence-corrected chi connectivity index (χ3v) is 11.5. The van der Waals surface area contributed by atoms with Crippen molar-refractivity contribution in [3.8, 4) is 16.8 Å². The number of aromatic nitrogens is 1. The first-order chi connectivity index (χ1) is 26.1. The fourth-order valence-electron chi connectivity index (χ4n) is 8.67. The van der Waals surface area contributed by atoms with Crippen molar-refractivity contribution in [2.24, 2.45) is 0 Å². The smallest absolute Gasteiger partial charge is 0.200 e. The molecule has 0 radical (unpaired) electrons. The molecule has 1 aliphatic rings. The fourth-order valence-corrected chi connectivity index (χ4v) is 8.67. The molecule has 7 aromatic carbocycles. The molecule has 0 N–H and O–H groups in total. The van der Waals surface area contributed by atoms with Crippen LogP contribution in [0.3, 0.4) is 0 Å². The quantitative estimate of drug-likeness (QED) is 0.172. The maximum absolute atomic E-state index is 13.9. The van der Waals surface area contributed by atoms with E-state index in [-0.39, 0.29) is 16.3 Å². The van der Waals surface area contributed by atoms with Gasteiger partial charge in [-0.2, -0.15) is 0 Å². The summed E-state index contributed by atoms with van der Waals surface area (Å²) in [6.45, 7) is 11.2. The van der Waals surface area contributed by atoms with E-state index in [1.165, 1.54) is 44.3 Å². The molecule has 1 aliphatic heterocycles. The number of fused-ring (bicyclic) bond motifs is 8. The molecular formula is C50H40N2O2. The second-order valence-corrected chi connectivity index (χ2v) is 16.2. The average molecular weight is 701 g/mol. The molecule has 9 aromatic rings. The SMILES string of the molecule is CC(C)(C)c1ccc2oc3ccc(-c4ccc(N5c6ccccc6C(C)(C)c6ccc7c(c65)c5ccccc5n7-c5ccccc5)cc4)cc3c(=O)c2c1. The van der Waals surface area contributed by atoms with Crippen LogP contribution in [0.25, 0.3) is 60.6 Å². The molecule has 0 spiro atoms. The van der Waals surface area contributed by atoms with Gasteiger partial charge in [0.1, 0.15) is 11.2 Å². The van der Waals surface area contributed by atoms with Crippen molar-refractivity contribution in [1.82, 2.24) is 4.57 Å². The van der Waals surface area contributed by atoms with Crippen LogP contribution in [-0.2, 0) is 10.8 Å². The van der Waals surface area contributed by atoms with E-state index < -0.39 is 0 Å². The maximum Gasteiger partial charge on any atom is 0.200 e. The van der Waals surface area contributed by atoms with Crippen molar-refractivity contribution in [1.29, 1.82) is 0 Å². The van der Waals surface area contributed by atoms with Crippen LogP contribution in [0, 0.1) is 0 Å². The number of hydrogen-bond donors (Lipinski definition) is 0. The van der Waals surface area contributed by atoms with Gasteiger partial charge in [0.05, 0.1) is 33.2 Å². The summed E-state index contributed by atoms with van der Waals surface area (Å²) in [5.41, 5.74) is 13.6. The Balaban J connectivity index is 1.16. The van der Waals surface area contributed by atoms with Gasteiger partial charge in [0.15, 0.2) is 0 Å². The Bertz CT molecular complexity index is 3010. The minimum atomic E-state index is -0.226. The van der Waals surface area contributed by atoms with Crippen LogP contribution in [0.5, 0.6) is 0 Å². The molecule has 54 heavy (non-hydrogen) atoms. The molecular weight excluding hydrogens is 661 g/mol. The molecule has 0 fully saturated rings. The molecule has 0 atom stereocenters.